The number of carbonyl (C=O) groups excluding carboxylic acids is 4. The number of rotatable bonds is 4. The third-order valence-corrected chi connectivity index (χ3v) is 7.74. The molecule has 0 unspecified atom stereocenters. The Morgan fingerprint density at radius 3 is 2.26 bits per heavy atom. The summed E-state index contributed by atoms with van der Waals surface area (Å²) in [4.78, 5) is 57.6. The van der Waals surface area contributed by atoms with Crippen molar-refractivity contribution >= 4 is 51.1 Å². The van der Waals surface area contributed by atoms with Gasteiger partial charge >= 0.3 is 6.09 Å². The summed E-state index contributed by atoms with van der Waals surface area (Å²) in [5.74, 6) is -2.45. The molecule has 3 aromatic carbocycles. The van der Waals surface area contributed by atoms with Crippen LogP contribution in [0, 0.1) is 12.8 Å². The summed E-state index contributed by atoms with van der Waals surface area (Å²) >= 11 is 3.38. The van der Waals surface area contributed by atoms with Crippen LogP contribution in [0.15, 0.2) is 77.3 Å². The number of imide groups is 2. The third-order valence-electron chi connectivity index (χ3n) is 7.22. The second kappa shape index (κ2) is 9.75. The van der Waals surface area contributed by atoms with Gasteiger partial charge < -0.3 is 4.74 Å². The van der Waals surface area contributed by atoms with Gasteiger partial charge in [0.25, 0.3) is 0 Å². The Kier molecular flexibility index (Phi) is 6.71. The fraction of sp³-hybridized carbons (Fsp3) is 0.290. The SMILES string of the molecule is Cc1ccc(C[C@@]2([C@@H]3CC(=O)N(c4ccc(Br)cc4)C3=O)C(=O)N(C(=O)OC(C)(C)C)c3ccccc32)cc1. The van der Waals surface area contributed by atoms with Gasteiger partial charge in [-0.25, -0.2) is 9.69 Å². The zero-order chi connectivity index (χ0) is 28.1. The van der Waals surface area contributed by atoms with Crippen molar-refractivity contribution < 1.29 is 23.9 Å². The van der Waals surface area contributed by atoms with E-state index >= 15 is 0 Å². The van der Waals surface area contributed by atoms with Crippen molar-refractivity contribution in [3.63, 3.8) is 0 Å². The summed E-state index contributed by atoms with van der Waals surface area (Å²) in [6.45, 7) is 7.15. The Morgan fingerprint density at radius 1 is 0.974 bits per heavy atom. The highest BCUT2D eigenvalue weighted by Crippen LogP contribution is 2.52. The van der Waals surface area contributed by atoms with E-state index in [2.05, 4.69) is 15.9 Å². The van der Waals surface area contributed by atoms with Crippen LogP contribution < -0.4 is 9.80 Å². The van der Waals surface area contributed by atoms with Crippen molar-refractivity contribution in [1.82, 2.24) is 0 Å². The predicted molar refractivity (Wildman–Crippen MR) is 151 cm³/mol. The van der Waals surface area contributed by atoms with E-state index in [0.717, 1.165) is 25.4 Å². The van der Waals surface area contributed by atoms with Crippen LogP contribution >= 0.6 is 15.9 Å². The summed E-state index contributed by atoms with van der Waals surface area (Å²) in [5.41, 5.74) is 0.874. The molecule has 3 aromatic rings. The quantitative estimate of drug-likeness (QED) is 0.344. The number of carbonyl (C=O) groups is 4. The van der Waals surface area contributed by atoms with Crippen LogP contribution in [0.1, 0.15) is 43.9 Å². The number of ether oxygens (including phenoxy) is 1. The molecule has 2 aliphatic rings. The van der Waals surface area contributed by atoms with Gasteiger partial charge in [-0.05, 0) is 75.6 Å². The molecule has 0 saturated carbocycles. The van der Waals surface area contributed by atoms with Crippen molar-refractivity contribution in [2.24, 2.45) is 5.92 Å². The minimum Gasteiger partial charge on any atom is -0.443 e. The molecule has 2 aliphatic heterocycles. The Balaban J connectivity index is 1.67. The zero-order valence-corrected chi connectivity index (χ0v) is 23.8. The number of amides is 4. The molecule has 0 radical (unpaired) electrons. The first-order valence-corrected chi connectivity index (χ1v) is 13.6. The molecule has 7 nitrogen and oxygen atoms in total. The van der Waals surface area contributed by atoms with Gasteiger partial charge in [-0.1, -0.05) is 64.0 Å². The molecule has 5 rings (SSSR count). The standard InChI is InChI=1S/C31H29BrN2O5/c1-19-9-11-20(12-10-19)18-31(24-17-26(35)33(27(24)36)22-15-13-21(32)14-16-22)23-7-5-6-8-25(23)34(28(31)37)29(38)39-30(2,3)4/h5-16,24H,17-18H2,1-4H3/t24-,31-/m1/s1. The summed E-state index contributed by atoms with van der Waals surface area (Å²) in [7, 11) is 0. The topological polar surface area (TPSA) is 84.0 Å². The number of fused-ring (bicyclic) bond motifs is 1. The van der Waals surface area contributed by atoms with Crippen LogP contribution in [0.2, 0.25) is 0 Å². The molecule has 0 aliphatic carbocycles. The van der Waals surface area contributed by atoms with Gasteiger partial charge in [0.2, 0.25) is 17.7 Å². The fourth-order valence-corrected chi connectivity index (χ4v) is 5.76. The predicted octanol–water partition coefficient (Wildman–Crippen LogP) is 6.10. The third kappa shape index (κ3) is 4.67. The lowest BCUT2D eigenvalue weighted by molar-refractivity contribution is -0.131. The molecule has 4 amide bonds. The fourth-order valence-electron chi connectivity index (χ4n) is 5.50. The van der Waals surface area contributed by atoms with E-state index in [4.69, 9.17) is 4.74 Å². The number of aryl methyl sites for hydroxylation is 1. The van der Waals surface area contributed by atoms with Gasteiger partial charge in [0.15, 0.2) is 0 Å². The lowest BCUT2D eigenvalue weighted by Gasteiger charge is -2.33. The van der Waals surface area contributed by atoms with Gasteiger partial charge in [0.05, 0.1) is 22.7 Å². The minimum absolute atomic E-state index is 0.139. The molecular weight excluding hydrogens is 560 g/mol. The highest BCUT2D eigenvalue weighted by Gasteiger charge is 2.63. The maximum absolute atomic E-state index is 14.5. The summed E-state index contributed by atoms with van der Waals surface area (Å²) in [5, 5.41) is 0. The van der Waals surface area contributed by atoms with Crippen molar-refractivity contribution in [2.75, 3.05) is 9.80 Å². The molecular formula is C31H29BrN2O5. The van der Waals surface area contributed by atoms with Crippen LogP contribution in [-0.4, -0.2) is 29.4 Å². The lowest BCUT2D eigenvalue weighted by Crippen LogP contribution is -2.52. The van der Waals surface area contributed by atoms with Gasteiger partial charge in [0.1, 0.15) is 5.60 Å². The van der Waals surface area contributed by atoms with Crippen molar-refractivity contribution in [3.8, 4) is 0 Å². The molecule has 39 heavy (non-hydrogen) atoms. The maximum Gasteiger partial charge on any atom is 0.421 e. The highest BCUT2D eigenvalue weighted by molar-refractivity contribution is 9.10. The average Bonchev–Trinajstić information content (AvgIpc) is 3.30. The maximum atomic E-state index is 14.5. The molecule has 2 heterocycles. The second-order valence-corrected chi connectivity index (χ2v) is 12.0. The van der Waals surface area contributed by atoms with E-state index in [9.17, 15) is 19.2 Å². The molecule has 1 saturated heterocycles. The lowest BCUT2D eigenvalue weighted by atomic mass is 9.66. The van der Waals surface area contributed by atoms with E-state index in [0.29, 0.717) is 16.9 Å². The van der Waals surface area contributed by atoms with Crippen molar-refractivity contribution in [3.05, 3.63) is 94.0 Å². The normalized spacial score (nSPS) is 20.9. The number of nitrogens with zero attached hydrogens (tertiary/aromatic N) is 2. The second-order valence-electron chi connectivity index (χ2n) is 11.1. The van der Waals surface area contributed by atoms with E-state index in [1.165, 1.54) is 0 Å². The van der Waals surface area contributed by atoms with E-state index in [1.54, 1.807) is 69.3 Å². The Hall–Kier alpha value is -3.78. The van der Waals surface area contributed by atoms with Crippen LogP contribution in [-0.2, 0) is 31.0 Å². The smallest absolute Gasteiger partial charge is 0.421 e. The molecule has 200 valence electrons. The number of para-hydroxylation sites is 1. The first kappa shape index (κ1) is 26.8. The molecule has 0 N–H and O–H groups in total. The average molecular weight is 589 g/mol. The van der Waals surface area contributed by atoms with Crippen LogP contribution in [0.4, 0.5) is 16.2 Å². The van der Waals surface area contributed by atoms with E-state index in [-0.39, 0.29) is 12.8 Å². The van der Waals surface area contributed by atoms with Gasteiger partial charge in [-0.3, -0.25) is 19.3 Å². The van der Waals surface area contributed by atoms with Crippen LogP contribution in [0.3, 0.4) is 0 Å². The Morgan fingerprint density at radius 2 is 1.62 bits per heavy atom. The summed E-state index contributed by atoms with van der Waals surface area (Å²) in [6.07, 6.45) is -0.837. The van der Waals surface area contributed by atoms with E-state index < -0.39 is 40.7 Å². The number of halogens is 1. The van der Waals surface area contributed by atoms with Crippen LogP contribution in [0.5, 0.6) is 0 Å². The molecule has 1 fully saturated rings. The van der Waals surface area contributed by atoms with Crippen molar-refractivity contribution in [2.45, 2.75) is 51.6 Å². The molecule has 0 aromatic heterocycles. The van der Waals surface area contributed by atoms with Gasteiger partial charge in [0, 0.05) is 10.9 Å². The van der Waals surface area contributed by atoms with Crippen molar-refractivity contribution in [1.29, 1.82) is 0 Å². The minimum atomic E-state index is -1.49. The largest absolute Gasteiger partial charge is 0.443 e. The molecule has 0 bridgehead atoms. The van der Waals surface area contributed by atoms with Gasteiger partial charge in [-0.15, -0.1) is 0 Å². The summed E-state index contributed by atoms with van der Waals surface area (Å²) < 4.78 is 6.43. The van der Waals surface area contributed by atoms with E-state index in [1.807, 2.05) is 31.2 Å². The Bertz CT molecular complexity index is 1480. The molecule has 2 atom stereocenters. The van der Waals surface area contributed by atoms with Gasteiger partial charge in [-0.2, -0.15) is 0 Å². The first-order valence-electron chi connectivity index (χ1n) is 12.8. The Labute approximate surface area is 235 Å². The zero-order valence-electron chi connectivity index (χ0n) is 22.2. The first-order chi connectivity index (χ1) is 18.4. The number of anilines is 2. The number of hydrogen-bond donors (Lipinski definition) is 0. The van der Waals surface area contributed by atoms with Crippen LogP contribution in [0.25, 0.3) is 0 Å². The number of hydrogen-bond acceptors (Lipinski definition) is 5. The highest BCUT2D eigenvalue weighted by atomic mass is 79.9. The number of benzene rings is 3. The molecule has 8 heteroatoms. The molecule has 0 spiro atoms. The summed E-state index contributed by atoms with van der Waals surface area (Å²) in [6, 6.07) is 21.6. The monoisotopic (exact) mass is 588 g/mol.